The summed E-state index contributed by atoms with van der Waals surface area (Å²) in [5.41, 5.74) is 5.36. The largest absolute Gasteiger partial charge is 0.379 e. The van der Waals surface area contributed by atoms with E-state index in [-0.39, 0.29) is 18.0 Å². The van der Waals surface area contributed by atoms with Crippen LogP contribution in [0.25, 0.3) is 0 Å². The van der Waals surface area contributed by atoms with Crippen LogP contribution < -0.4 is 11.1 Å². The van der Waals surface area contributed by atoms with Crippen LogP contribution in [-0.4, -0.2) is 55.7 Å². The molecule has 0 aromatic rings. The van der Waals surface area contributed by atoms with Gasteiger partial charge in [0.15, 0.2) is 0 Å². The standard InChI is InChI=1S/C13H27N3O2/c1-5-16(6-2)7-10(3)15-12(17)13(4)9-18-8-11(13)14/h10-11H,5-9,14H2,1-4H3,(H,15,17). The highest BCUT2D eigenvalue weighted by Gasteiger charge is 2.44. The molecule has 1 heterocycles. The van der Waals surface area contributed by atoms with Crippen molar-refractivity contribution in [2.75, 3.05) is 32.8 Å². The van der Waals surface area contributed by atoms with Crippen LogP contribution in [0.1, 0.15) is 27.7 Å². The van der Waals surface area contributed by atoms with Gasteiger partial charge in [0.25, 0.3) is 0 Å². The molecule has 1 rings (SSSR count). The first-order valence-electron chi connectivity index (χ1n) is 6.80. The van der Waals surface area contributed by atoms with Crippen LogP contribution in [0.3, 0.4) is 0 Å². The zero-order valence-corrected chi connectivity index (χ0v) is 12.0. The Bertz CT molecular complexity index is 281. The number of nitrogens with one attached hydrogen (secondary N) is 1. The molecule has 5 heteroatoms. The SMILES string of the molecule is CCN(CC)CC(C)NC(=O)C1(C)COCC1N. The highest BCUT2D eigenvalue weighted by molar-refractivity contribution is 5.83. The van der Waals surface area contributed by atoms with Crippen molar-refractivity contribution in [2.45, 2.75) is 39.8 Å². The number of ether oxygens (including phenoxy) is 1. The molecule has 0 spiro atoms. The summed E-state index contributed by atoms with van der Waals surface area (Å²) in [4.78, 5) is 14.5. The zero-order chi connectivity index (χ0) is 13.8. The molecular formula is C13H27N3O2. The number of nitrogens with two attached hydrogens (primary N) is 1. The van der Waals surface area contributed by atoms with Crippen LogP contribution in [0.4, 0.5) is 0 Å². The van der Waals surface area contributed by atoms with Crippen molar-refractivity contribution in [3.8, 4) is 0 Å². The quantitative estimate of drug-likeness (QED) is 0.713. The van der Waals surface area contributed by atoms with Crippen LogP contribution in [0.2, 0.25) is 0 Å². The Hall–Kier alpha value is -0.650. The Morgan fingerprint density at radius 2 is 2.17 bits per heavy atom. The molecule has 0 radical (unpaired) electrons. The van der Waals surface area contributed by atoms with Crippen LogP contribution in [-0.2, 0) is 9.53 Å². The van der Waals surface area contributed by atoms with Gasteiger partial charge in [-0.15, -0.1) is 0 Å². The average Bonchev–Trinajstić information content (AvgIpc) is 2.68. The van der Waals surface area contributed by atoms with Gasteiger partial charge in [0.05, 0.1) is 18.6 Å². The number of hydrogen-bond donors (Lipinski definition) is 2. The Balaban J connectivity index is 2.49. The number of carbonyl (C=O) groups is 1. The van der Waals surface area contributed by atoms with Gasteiger partial charge >= 0.3 is 0 Å². The van der Waals surface area contributed by atoms with Crippen molar-refractivity contribution in [1.82, 2.24) is 10.2 Å². The molecule has 18 heavy (non-hydrogen) atoms. The number of likely N-dealkylation sites (N-methyl/N-ethyl adjacent to an activating group) is 1. The summed E-state index contributed by atoms with van der Waals surface area (Å²) < 4.78 is 5.30. The maximum absolute atomic E-state index is 12.3. The number of hydrogen-bond acceptors (Lipinski definition) is 4. The Morgan fingerprint density at radius 3 is 2.61 bits per heavy atom. The summed E-state index contributed by atoms with van der Waals surface area (Å²) >= 11 is 0. The maximum atomic E-state index is 12.3. The number of amides is 1. The van der Waals surface area contributed by atoms with Gasteiger partial charge in [-0.1, -0.05) is 13.8 Å². The molecule has 5 nitrogen and oxygen atoms in total. The fourth-order valence-corrected chi connectivity index (χ4v) is 2.23. The molecule has 1 amide bonds. The highest BCUT2D eigenvalue weighted by Crippen LogP contribution is 2.27. The number of nitrogens with zero attached hydrogens (tertiary/aromatic N) is 1. The molecule has 1 aliphatic rings. The van der Waals surface area contributed by atoms with E-state index in [1.807, 2.05) is 13.8 Å². The average molecular weight is 257 g/mol. The van der Waals surface area contributed by atoms with E-state index in [2.05, 4.69) is 24.1 Å². The van der Waals surface area contributed by atoms with E-state index in [0.717, 1.165) is 19.6 Å². The van der Waals surface area contributed by atoms with E-state index in [9.17, 15) is 4.79 Å². The van der Waals surface area contributed by atoms with E-state index < -0.39 is 5.41 Å². The van der Waals surface area contributed by atoms with Crippen LogP contribution in [0.5, 0.6) is 0 Å². The van der Waals surface area contributed by atoms with Crippen molar-refractivity contribution in [1.29, 1.82) is 0 Å². The predicted molar refractivity (Wildman–Crippen MR) is 72.3 cm³/mol. The third-order valence-electron chi connectivity index (χ3n) is 3.84. The van der Waals surface area contributed by atoms with Gasteiger partial charge in [-0.3, -0.25) is 4.79 Å². The molecular weight excluding hydrogens is 230 g/mol. The van der Waals surface area contributed by atoms with Gasteiger partial charge in [0.2, 0.25) is 5.91 Å². The Kier molecular flexibility index (Phi) is 5.56. The zero-order valence-electron chi connectivity index (χ0n) is 12.0. The summed E-state index contributed by atoms with van der Waals surface area (Å²) in [6.45, 7) is 11.9. The molecule has 0 aromatic carbocycles. The van der Waals surface area contributed by atoms with E-state index in [4.69, 9.17) is 10.5 Å². The molecule has 1 aliphatic heterocycles. The molecule has 3 atom stereocenters. The second-order valence-electron chi connectivity index (χ2n) is 5.40. The molecule has 0 aromatic heterocycles. The Labute approximate surface area is 110 Å². The van der Waals surface area contributed by atoms with Crippen LogP contribution >= 0.6 is 0 Å². The first kappa shape index (κ1) is 15.4. The van der Waals surface area contributed by atoms with Crippen LogP contribution in [0.15, 0.2) is 0 Å². The first-order valence-corrected chi connectivity index (χ1v) is 6.80. The van der Waals surface area contributed by atoms with Gasteiger partial charge in [0, 0.05) is 18.6 Å². The second kappa shape index (κ2) is 6.50. The molecule has 3 N–H and O–H groups in total. The lowest BCUT2D eigenvalue weighted by molar-refractivity contribution is -0.131. The van der Waals surface area contributed by atoms with Crippen molar-refractivity contribution in [3.05, 3.63) is 0 Å². The van der Waals surface area contributed by atoms with Crippen molar-refractivity contribution in [3.63, 3.8) is 0 Å². The summed E-state index contributed by atoms with van der Waals surface area (Å²) in [6.07, 6.45) is 0. The molecule has 1 saturated heterocycles. The van der Waals surface area contributed by atoms with Crippen molar-refractivity contribution in [2.24, 2.45) is 11.1 Å². The maximum Gasteiger partial charge on any atom is 0.230 e. The van der Waals surface area contributed by atoms with E-state index in [1.165, 1.54) is 0 Å². The van der Waals surface area contributed by atoms with Crippen molar-refractivity contribution < 1.29 is 9.53 Å². The fourth-order valence-electron chi connectivity index (χ4n) is 2.23. The fraction of sp³-hybridized carbons (Fsp3) is 0.923. The molecule has 106 valence electrons. The molecule has 0 bridgehead atoms. The van der Waals surface area contributed by atoms with Gasteiger partial charge in [-0.25, -0.2) is 0 Å². The minimum Gasteiger partial charge on any atom is -0.379 e. The summed E-state index contributed by atoms with van der Waals surface area (Å²) in [6, 6.07) is -0.0832. The minimum atomic E-state index is -0.586. The molecule has 0 saturated carbocycles. The van der Waals surface area contributed by atoms with Gasteiger partial charge in [-0.05, 0) is 26.9 Å². The third-order valence-corrected chi connectivity index (χ3v) is 3.84. The van der Waals surface area contributed by atoms with Crippen molar-refractivity contribution >= 4 is 5.91 Å². The summed E-state index contributed by atoms with van der Waals surface area (Å²) in [5, 5.41) is 3.05. The predicted octanol–water partition coefficient (Wildman–Crippen LogP) is 0.197. The summed E-state index contributed by atoms with van der Waals surface area (Å²) in [7, 11) is 0. The lowest BCUT2D eigenvalue weighted by atomic mass is 9.84. The highest BCUT2D eigenvalue weighted by atomic mass is 16.5. The molecule has 0 aliphatic carbocycles. The monoisotopic (exact) mass is 257 g/mol. The third kappa shape index (κ3) is 3.43. The Morgan fingerprint density at radius 1 is 1.56 bits per heavy atom. The second-order valence-corrected chi connectivity index (χ2v) is 5.40. The lowest BCUT2D eigenvalue weighted by Crippen LogP contribution is -2.53. The normalized spacial score (nSPS) is 29.6. The van der Waals surface area contributed by atoms with E-state index in [0.29, 0.717) is 13.2 Å². The lowest BCUT2D eigenvalue weighted by Gasteiger charge is -2.29. The first-order chi connectivity index (χ1) is 8.43. The topological polar surface area (TPSA) is 67.6 Å². The smallest absolute Gasteiger partial charge is 0.230 e. The minimum absolute atomic E-state index is 0.00663. The van der Waals surface area contributed by atoms with Gasteiger partial charge in [0.1, 0.15) is 0 Å². The van der Waals surface area contributed by atoms with E-state index >= 15 is 0 Å². The van der Waals surface area contributed by atoms with E-state index in [1.54, 1.807) is 0 Å². The van der Waals surface area contributed by atoms with Crippen LogP contribution in [0, 0.1) is 5.41 Å². The molecule has 3 unspecified atom stereocenters. The number of rotatable bonds is 6. The molecule has 1 fully saturated rings. The van der Waals surface area contributed by atoms with Gasteiger partial charge < -0.3 is 20.7 Å². The van der Waals surface area contributed by atoms with Gasteiger partial charge in [-0.2, -0.15) is 0 Å². The summed E-state index contributed by atoms with van der Waals surface area (Å²) in [5.74, 6) is 0.00663. The number of carbonyl (C=O) groups excluding carboxylic acids is 1.